The van der Waals surface area contributed by atoms with Crippen LogP contribution in [0.2, 0.25) is 10.0 Å². The zero-order valence-electron chi connectivity index (χ0n) is 15.1. The molecule has 5 nitrogen and oxygen atoms in total. The molecular formula is C20H18Cl2N2O3S. The van der Waals surface area contributed by atoms with E-state index >= 15 is 0 Å². The third kappa shape index (κ3) is 5.45. The van der Waals surface area contributed by atoms with E-state index in [4.69, 9.17) is 32.7 Å². The van der Waals surface area contributed by atoms with Crippen molar-refractivity contribution in [1.29, 1.82) is 0 Å². The Morgan fingerprint density at radius 2 is 1.96 bits per heavy atom. The summed E-state index contributed by atoms with van der Waals surface area (Å²) in [6.07, 6.45) is 0. The van der Waals surface area contributed by atoms with Crippen molar-refractivity contribution in [3.63, 3.8) is 0 Å². The first-order valence-corrected chi connectivity index (χ1v) is 10.1. The minimum Gasteiger partial charge on any atom is -0.489 e. The second-order valence-corrected chi connectivity index (χ2v) is 7.55. The van der Waals surface area contributed by atoms with Crippen molar-refractivity contribution in [3.05, 3.63) is 69.1 Å². The minimum atomic E-state index is -0.237. The van der Waals surface area contributed by atoms with Gasteiger partial charge in [-0.3, -0.25) is 4.79 Å². The highest BCUT2D eigenvalue weighted by Crippen LogP contribution is 2.33. The van der Waals surface area contributed by atoms with Crippen LogP contribution in [-0.2, 0) is 11.3 Å². The zero-order valence-corrected chi connectivity index (χ0v) is 17.4. The molecule has 1 aromatic heterocycles. The number of carbonyl (C=O) groups is 1. The molecule has 3 rings (SSSR count). The van der Waals surface area contributed by atoms with Gasteiger partial charge in [-0.2, -0.15) is 0 Å². The van der Waals surface area contributed by atoms with Gasteiger partial charge in [0.05, 0.1) is 11.6 Å². The molecule has 0 aliphatic carbocycles. The average molecular weight is 437 g/mol. The van der Waals surface area contributed by atoms with Gasteiger partial charge < -0.3 is 14.8 Å². The highest BCUT2D eigenvalue weighted by atomic mass is 35.5. The fourth-order valence-electron chi connectivity index (χ4n) is 2.37. The molecule has 0 aliphatic heterocycles. The van der Waals surface area contributed by atoms with Gasteiger partial charge >= 0.3 is 0 Å². The number of hydrogen-bond acceptors (Lipinski definition) is 5. The Hall–Kier alpha value is -2.12. The summed E-state index contributed by atoms with van der Waals surface area (Å²) in [6.45, 7) is 1.30. The summed E-state index contributed by atoms with van der Waals surface area (Å²) in [5.41, 5.74) is 2.12. The summed E-state index contributed by atoms with van der Waals surface area (Å²) in [7, 11) is 1.58. The van der Waals surface area contributed by atoms with Gasteiger partial charge in [-0.1, -0.05) is 35.3 Å². The lowest BCUT2D eigenvalue weighted by molar-refractivity contribution is 0.0933. The molecule has 1 amide bonds. The molecule has 3 aromatic rings. The predicted molar refractivity (Wildman–Crippen MR) is 113 cm³/mol. The molecule has 0 spiro atoms. The van der Waals surface area contributed by atoms with Crippen LogP contribution in [-0.4, -0.2) is 31.2 Å². The van der Waals surface area contributed by atoms with Crippen molar-refractivity contribution in [3.8, 4) is 16.3 Å². The Morgan fingerprint density at radius 3 is 2.68 bits per heavy atom. The molecule has 8 heteroatoms. The normalized spacial score (nSPS) is 10.7. The molecule has 0 bridgehead atoms. The molecule has 0 radical (unpaired) electrons. The van der Waals surface area contributed by atoms with Gasteiger partial charge in [-0.05, 0) is 35.9 Å². The first kappa shape index (κ1) is 20.6. The van der Waals surface area contributed by atoms with Gasteiger partial charge in [0.15, 0.2) is 0 Å². The fourth-order valence-corrected chi connectivity index (χ4v) is 3.65. The lowest BCUT2D eigenvalue weighted by Crippen LogP contribution is -2.27. The second kappa shape index (κ2) is 9.89. The van der Waals surface area contributed by atoms with E-state index in [1.807, 2.05) is 36.4 Å². The SMILES string of the molecule is COCCNC(=O)c1csc(-c2ccc(OCc3ccc(Cl)cc3)cc2Cl)n1. The second-order valence-electron chi connectivity index (χ2n) is 5.84. The molecule has 0 aliphatic rings. The number of methoxy groups -OCH3 is 1. The van der Waals surface area contributed by atoms with Gasteiger partial charge in [0.2, 0.25) is 0 Å². The van der Waals surface area contributed by atoms with Gasteiger partial charge in [0, 0.05) is 29.6 Å². The van der Waals surface area contributed by atoms with E-state index in [0.717, 1.165) is 11.1 Å². The lowest BCUT2D eigenvalue weighted by atomic mass is 10.2. The maximum Gasteiger partial charge on any atom is 0.270 e. The number of thiazole rings is 1. The van der Waals surface area contributed by atoms with Crippen molar-refractivity contribution in [2.45, 2.75) is 6.61 Å². The van der Waals surface area contributed by atoms with Crippen molar-refractivity contribution in [1.82, 2.24) is 10.3 Å². The van der Waals surface area contributed by atoms with Gasteiger partial charge in [0.25, 0.3) is 5.91 Å². The minimum absolute atomic E-state index is 0.237. The summed E-state index contributed by atoms with van der Waals surface area (Å²) in [4.78, 5) is 16.4. The largest absolute Gasteiger partial charge is 0.489 e. The topological polar surface area (TPSA) is 60.5 Å². The molecule has 0 saturated carbocycles. The van der Waals surface area contributed by atoms with E-state index in [1.54, 1.807) is 18.6 Å². The Morgan fingerprint density at radius 1 is 1.18 bits per heavy atom. The van der Waals surface area contributed by atoms with Crippen molar-refractivity contribution >= 4 is 40.4 Å². The van der Waals surface area contributed by atoms with E-state index in [0.29, 0.717) is 46.3 Å². The average Bonchev–Trinajstić information content (AvgIpc) is 3.18. The molecule has 0 atom stereocenters. The molecule has 1 heterocycles. The van der Waals surface area contributed by atoms with Crippen molar-refractivity contribution in [2.24, 2.45) is 0 Å². The van der Waals surface area contributed by atoms with E-state index in [9.17, 15) is 4.79 Å². The molecule has 28 heavy (non-hydrogen) atoms. The quantitative estimate of drug-likeness (QED) is 0.500. The van der Waals surface area contributed by atoms with E-state index in [2.05, 4.69) is 10.3 Å². The van der Waals surface area contributed by atoms with Crippen LogP contribution < -0.4 is 10.1 Å². The first-order valence-electron chi connectivity index (χ1n) is 8.46. The van der Waals surface area contributed by atoms with Crippen LogP contribution in [0.5, 0.6) is 5.75 Å². The third-order valence-electron chi connectivity index (χ3n) is 3.82. The zero-order chi connectivity index (χ0) is 19.9. The number of hydrogen-bond donors (Lipinski definition) is 1. The van der Waals surface area contributed by atoms with Crippen LogP contribution >= 0.6 is 34.5 Å². The van der Waals surface area contributed by atoms with E-state index in [1.165, 1.54) is 11.3 Å². The third-order valence-corrected chi connectivity index (χ3v) is 5.26. The number of rotatable bonds is 8. The Kier molecular flexibility index (Phi) is 7.28. The summed E-state index contributed by atoms with van der Waals surface area (Å²) in [5.74, 6) is 0.413. The fraction of sp³-hybridized carbons (Fsp3) is 0.200. The standard InChI is InChI=1S/C20H18Cl2N2O3S/c1-26-9-8-23-19(25)18-12-28-20(24-18)16-7-6-15(10-17(16)22)27-11-13-2-4-14(21)5-3-13/h2-7,10,12H,8-9,11H2,1H3,(H,23,25). The molecule has 0 saturated heterocycles. The van der Waals surface area contributed by atoms with E-state index < -0.39 is 0 Å². The van der Waals surface area contributed by atoms with Crippen molar-refractivity contribution < 1.29 is 14.3 Å². The van der Waals surface area contributed by atoms with Crippen LogP contribution in [0.15, 0.2) is 47.8 Å². The molecule has 2 aromatic carbocycles. The lowest BCUT2D eigenvalue weighted by Gasteiger charge is -2.08. The maximum atomic E-state index is 12.1. The maximum absolute atomic E-state index is 12.1. The molecule has 0 fully saturated rings. The highest BCUT2D eigenvalue weighted by molar-refractivity contribution is 7.13. The van der Waals surface area contributed by atoms with Gasteiger partial charge in [-0.15, -0.1) is 11.3 Å². The number of carbonyl (C=O) groups excluding carboxylic acids is 1. The summed E-state index contributed by atoms with van der Waals surface area (Å²) in [5, 5.41) is 6.32. The molecular weight excluding hydrogens is 419 g/mol. The summed E-state index contributed by atoms with van der Waals surface area (Å²) in [6, 6.07) is 12.9. The Bertz CT molecular complexity index is 945. The predicted octanol–water partition coefficient (Wildman–Crippen LogP) is 5.07. The van der Waals surface area contributed by atoms with Gasteiger partial charge in [0.1, 0.15) is 23.1 Å². The molecule has 146 valence electrons. The Balaban J connectivity index is 1.65. The van der Waals surface area contributed by atoms with Crippen LogP contribution in [0.25, 0.3) is 10.6 Å². The Labute approximate surface area is 177 Å². The number of aromatic nitrogens is 1. The monoisotopic (exact) mass is 436 g/mol. The number of nitrogens with zero attached hydrogens (tertiary/aromatic N) is 1. The van der Waals surface area contributed by atoms with E-state index in [-0.39, 0.29) is 5.91 Å². The number of benzene rings is 2. The van der Waals surface area contributed by atoms with Crippen LogP contribution in [0.4, 0.5) is 0 Å². The van der Waals surface area contributed by atoms with Crippen LogP contribution in [0.1, 0.15) is 16.1 Å². The smallest absolute Gasteiger partial charge is 0.270 e. The number of amides is 1. The summed E-state index contributed by atoms with van der Waals surface area (Å²) >= 11 is 13.7. The first-order chi connectivity index (χ1) is 13.6. The van der Waals surface area contributed by atoms with Crippen molar-refractivity contribution in [2.75, 3.05) is 20.3 Å². The molecule has 0 unspecified atom stereocenters. The number of nitrogens with one attached hydrogen (secondary N) is 1. The van der Waals surface area contributed by atoms with Crippen LogP contribution in [0, 0.1) is 0 Å². The number of halogens is 2. The summed E-state index contributed by atoms with van der Waals surface area (Å²) < 4.78 is 10.7. The van der Waals surface area contributed by atoms with Crippen LogP contribution in [0.3, 0.4) is 0 Å². The van der Waals surface area contributed by atoms with Gasteiger partial charge in [-0.25, -0.2) is 4.98 Å². The highest BCUT2D eigenvalue weighted by Gasteiger charge is 2.14. The number of ether oxygens (including phenoxy) is 2. The molecule has 1 N–H and O–H groups in total.